The molecular formula is C11H26N2O2. The molecule has 0 saturated heterocycles. The maximum Gasteiger partial charge on any atom is 0.0794 e. The van der Waals surface area contributed by atoms with Crippen LogP contribution >= 0.6 is 0 Å². The van der Waals surface area contributed by atoms with E-state index in [1.54, 1.807) is 7.11 Å². The van der Waals surface area contributed by atoms with Crippen molar-refractivity contribution >= 4 is 0 Å². The lowest BCUT2D eigenvalue weighted by Gasteiger charge is -2.37. The Kier molecular flexibility index (Phi) is 7.09. The number of ether oxygens (including phenoxy) is 2. The summed E-state index contributed by atoms with van der Waals surface area (Å²) in [5, 5.41) is 0. The largest absolute Gasteiger partial charge is 0.385 e. The van der Waals surface area contributed by atoms with Crippen LogP contribution in [-0.2, 0) is 9.47 Å². The van der Waals surface area contributed by atoms with Crippen LogP contribution in [0.15, 0.2) is 0 Å². The number of hydrazine groups is 1. The van der Waals surface area contributed by atoms with Crippen molar-refractivity contribution in [3.05, 3.63) is 0 Å². The Labute approximate surface area is 93.5 Å². The number of nitrogens with one attached hydrogen (secondary N) is 1. The van der Waals surface area contributed by atoms with Crippen molar-refractivity contribution < 1.29 is 9.47 Å². The van der Waals surface area contributed by atoms with E-state index < -0.39 is 0 Å². The molecule has 3 N–H and O–H groups in total. The standard InChI is InChI=1S/C11H26N2O2/c1-6-15-11(3,4)10(13-12)9(2)7-8-14-5/h9-10,13H,6-8,12H2,1-5H3. The molecule has 15 heavy (non-hydrogen) atoms. The van der Waals surface area contributed by atoms with Gasteiger partial charge in [0, 0.05) is 20.3 Å². The second kappa shape index (κ2) is 7.17. The van der Waals surface area contributed by atoms with Crippen LogP contribution in [0.3, 0.4) is 0 Å². The van der Waals surface area contributed by atoms with E-state index in [2.05, 4.69) is 26.2 Å². The second-order valence-electron chi connectivity index (χ2n) is 4.44. The van der Waals surface area contributed by atoms with Crippen molar-refractivity contribution in [2.75, 3.05) is 20.3 Å². The van der Waals surface area contributed by atoms with E-state index in [9.17, 15) is 0 Å². The van der Waals surface area contributed by atoms with E-state index >= 15 is 0 Å². The summed E-state index contributed by atoms with van der Waals surface area (Å²) in [6, 6.07) is 0.132. The van der Waals surface area contributed by atoms with Crippen molar-refractivity contribution in [1.29, 1.82) is 0 Å². The zero-order valence-electron chi connectivity index (χ0n) is 10.7. The highest BCUT2D eigenvalue weighted by molar-refractivity contribution is 4.87. The van der Waals surface area contributed by atoms with E-state index in [0.29, 0.717) is 12.5 Å². The predicted molar refractivity (Wildman–Crippen MR) is 62.5 cm³/mol. The average Bonchev–Trinajstić information content (AvgIpc) is 2.15. The van der Waals surface area contributed by atoms with Gasteiger partial charge in [0.25, 0.3) is 0 Å². The first kappa shape index (κ1) is 14.8. The van der Waals surface area contributed by atoms with Gasteiger partial charge in [-0.3, -0.25) is 11.3 Å². The molecule has 92 valence electrons. The zero-order chi connectivity index (χ0) is 11.9. The molecule has 0 aromatic rings. The molecule has 0 aliphatic rings. The summed E-state index contributed by atoms with van der Waals surface area (Å²) >= 11 is 0. The summed E-state index contributed by atoms with van der Waals surface area (Å²) in [7, 11) is 1.71. The van der Waals surface area contributed by atoms with Crippen molar-refractivity contribution in [3.63, 3.8) is 0 Å². The Morgan fingerprint density at radius 1 is 1.40 bits per heavy atom. The van der Waals surface area contributed by atoms with Crippen LogP contribution in [0.5, 0.6) is 0 Å². The van der Waals surface area contributed by atoms with Crippen LogP contribution in [0.4, 0.5) is 0 Å². The zero-order valence-corrected chi connectivity index (χ0v) is 10.7. The van der Waals surface area contributed by atoms with Crippen LogP contribution in [-0.4, -0.2) is 32.0 Å². The van der Waals surface area contributed by atoms with Crippen LogP contribution < -0.4 is 11.3 Å². The number of hydrogen-bond acceptors (Lipinski definition) is 4. The van der Waals surface area contributed by atoms with Gasteiger partial charge in [-0.1, -0.05) is 6.92 Å². The molecule has 2 unspecified atom stereocenters. The second-order valence-corrected chi connectivity index (χ2v) is 4.44. The van der Waals surface area contributed by atoms with Crippen molar-refractivity contribution in [1.82, 2.24) is 5.43 Å². The van der Waals surface area contributed by atoms with Gasteiger partial charge in [0.15, 0.2) is 0 Å². The molecule has 0 aromatic heterocycles. The number of methoxy groups -OCH3 is 1. The fourth-order valence-corrected chi connectivity index (χ4v) is 1.98. The third kappa shape index (κ3) is 4.93. The van der Waals surface area contributed by atoms with Gasteiger partial charge in [-0.25, -0.2) is 0 Å². The Morgan fingerprint density at radius 3 is 2.40 bits per heavy atom. The van der Waals surface area contributed by atoms with E-state index in [1.807, 2.05) is 6.92 Å². The van der Waals surface area contributed by atoms with Gasteiger partial charge < -0.3 is 9.47 Å². The number of rotatable bonds is 8. The van der Waals surface area contributed by atoms with Gasteiger partial charge in [-0.05, 0) is 33.1 Å². The van der Waals surface area contributed by atoms with Gasteiger partial charge in [-0.2, -0.15) is 0 Å². The SMILES string of the molecule is CCOC(C)(C)C(NN)C(C)CCOC. The summed E-state index contributed by atoms with van der Waals surface area (Å²) in [5.74, 6) is 6.00. The predicted octanol–water partition coefficient (Wildman–Crippen LogP) is 1.31. The molecule has 0 radical (unpaired) electrons. The number of hydrogen-bond donors (Lipinski definition) is 2. The smallest absolute Gasteiger partial charge is 0.0794 e. The summed E-state index contributed by atoms with van der Waals surface area (Å²) in [5.41, 5.74) is 2.60. The highest BCUT2D eigenvalue weighted by Crippen LogP contribution is 2.22. The third-order valence-corrected chi connectivity index (χ3v) is 2.79. The lowest BCUT2D eigenvalue weighted by Crippen LogP contribution is -2.55. The third-order valence-electron chi connectivity index (χ3n) is 2.79. The molecule has 0 amide bonds. The first-order chi connectivity index (χ1) is 6.99. The Balaban J connectivity index is 4.31. The molecule has 0 saturated carbocycles. The Hall–Kier alpha value is -0.160. The van der Waals surface area contributed by atoms with Crippen LogP contribution in [0.1, 0.15) is 34.1 Å². The minimum absolute atomic E-state index is 0.132. The monoisotopic (exact) mass is 218 g/mol. The molecule has 0 heterocycles. The lowest BCUT2D eigenvalue weighted by molar-refractivity contribution is -0.0538. The normalized spacial score (nSPS) is 16.4. The maximum absolute atomic E-state index is 5.70. The van der Waals surface area contributed by atoms with Crippen LogP contribution in [0, 0.1) is 5.92 Å². The quantitative estimate of drug-likeness (QED) is 0.476. The summed E-state index contributed by atoms with van der Waals surface area (Å²) in [4.78, 5) is 0. The van der Waals surface area contributed by atoms with Gasteiger partial charge in [-0.15, -0.1) is 0 Å². The number of nitrogens with two attached hydrogens (primary N) is 1. The molecule has 0 rings (SSSR count). The maximum atomic E-state index is 5.70. The molecule has 0 aliphatic heterocycles. The molecule has 4 heteroatoms. The Bertz CT molecular complexity index is 163. The summed E-state index contributed by atoms with van der Waals surface area (Å²) in [6.45, 7) is 9.72. The van der Waals surface area contributed by atoms with Gasteiger partial charge >= 0.3 is 0 Å². The van der Waals surface area contributed by atoms with E-state index in [4.69, 9.17) is 15.3 Å². The first-order valence-corrected chi connectivity index (χ1v) is 5.58. The minimum atomic E-state index is -0.253. The highest BCUT2D eigenvalue weighted by Gasteiger charge is 2.33. The Morgan fingerprint density at radius 2 is 2.00 bits per heavy atom. The molecule has 0 bridgehead atoms. The van der Waals surface area contributed by atoms with E-state index in [-0.39, 0.29) is 11.6 Å². The van der Waals surface area contributed by atoms with Crippen molar-refractivity contribution in [2.24, 2.45) is 11.8 Å². The molecule has 2 atom stereocenters. The molecule has 0 spiro atoms. The van der Waals surface area contributed by atoms with Crippen LogP contribution in [0.25, 0.3) is 0 Å². The average molecular weight is 218 g/mol. The van der Waals surface area contributed by atoms with Crippen molar-refractivity contribution in [2.45, 2.75) is 45.8 Å². The fraction of sp³-hybridized carbons (Fsp3) is 1.00. The van der Waals surface area contributed by atoms with E-state index in [1.165, 1.54) is 0 Å². The molecular weight excluding hydrogens is 192 g/mol. The van der Waals surface area contributed by atoms with Crippen molar-refractivity contribution in [3.8, 4) is 0 Å². The first-order valence-electron chi connectivity index (χ1n) is 5.58. The summed E-state index contributed by atoms with van der Waals surface area (Å²) < 4.78 is 10.8. The van der Waals surface area contributed by atoms with E-state index in [0.717, 1.165) is 13.0 Å². The fourth-order valence-electron chi connectivity index (χ4n) is 1.98. The topological polar surface area (TPSA) is 56.5 Å². The van der Waals surface area contributed by atoms with Gasteiger partial charge in [0.05, 0.1) is 11.6 Å². The van der Waals surface area contributed by atoms with Gasteiger partial charge in [0.2, 0.25) is 0 Å². The van der Waals surface area contributed by atoms with Gasteiger partial charge in [0.1, 0.15) is 0 Å². The highest BCUT2D eigenvalue weighted by atomic mass is 16.5. The summed E-state index contributed by atoms with van der Waals surface area (Å²) in [6.07, 6.45) is 0.974. The lowest BCUT2D eigenvalue weighted by atomic mass is 9.86. The molecule has 0 aliphatic carbocycles. The minimum Gasteiger partial charge on any atom is -0.385 e. The van der Waals surface area contributed by atoms with Crippen LogP contribution in [0.2, 0.25) is 0 Å². The molecule has 0 fully saturated rings. The molecule has 4 nitrogen and oxygen atoms in total. The molecule has 0 aromatic carbocycles.